The largest absolute Gasteiger partial charge is 0.481 e. The lowest BCUT2D eigenvalue weighted by atomic mass is 9.99. The van der Waals surface area contributed by atoms with Gasteiger partial charge in [0.2, 0.25) is 0 Å². The number of hydrogen-bond acceptors (Lipinski definition) is 4. The number of carboxylic acid groups (broad SMARTS) is 1. The van der Waals surface area contributed by atoms with Crippen molar-refractivity contribution in [2.75, 3.05) is 11.4 Å². The molecular formula is C11H15N3O2. The zero-order chi connectivity index (χ0) is 11.5. The van der Waals surface area contributed by atoms with Crippen LogP contribution in [0.25, 0.3) is 0 Å². The molecule has 5 heteroatoms. The smallest absolute Gasteiger partial charge is 0.308 e. The number of aliphatic carboxylic acids is 1. The molecule has 0 spiro atoms. The highest BCUT2D eigenvalue weighted by Crippen LogP contribution is 2.30. The molecule has 0 amide bonds. The highest BCUT2D eigenvalue weighted by atomic mass is 16.4. The average molecular weight is 221 g/mol. The minimum atomic E-state index is -0.705. The first-order valence-corrected chi connectivity index (χ1v) is 5.49. The number of carbonyl (C=O) groups is 1. The van der Waals surface area contributed by atoms with Crippen LogP contribution in [0, 0.1) is 5.92 Å². The van der Waals surface area contributed by atoms with E-state index in [9.17, 15) is 4.79 Å². The third-order valence-corrected chi connectivity index (χ3v) is 3.14. The predicted octanol–water partition coefficient (Wildman–Crippen LogP) is 1.17. The summed E-state index contributed by atoms with van der Waals surface area (Å²) < 4.78 is 0. The van der Waals surface area contributed by atoms with Crippen LogP contribution < -0.4 is 4.90 Å². The molecule has 0 bridgehead atoms. The van der Waals surface area contributed by atoms with E-state index in [2.05, 4.69) is 14.9 Å². The predicted molar refractivity (Wildman–Crippen MR) is 59.2 cm³/mol. The lowest BCUT2D eigenvalue weighted by molar-refractivity contribution is -0.141. The SMILES string of the molecule is CC[C@@H]1[C@@H](C(=O)O)CCN1c1ccncn1. The molecule has 0 saturated carbocycles. The fourth-order valence-corrected chi connectivity index (χ4v) is 2.38. The zero-order valence-electron chi connectivity index (χ0n) is 9.21. The summed E-state index contributed by atoms with van der Waals surface area (Å²) in [6, 6.07) is 1.87. The van der Waals surface area contributed by atoms with Crippen molar-refractivity contribution in [3.8, 4) is 0 Å². The van der Waals surface area contributed by atoms with Crippen LogP contribution in [-0.2, 0) is 4.79 Å². The first-order chi connectivity index (χ1) is 7.74. The number of hydrogen-bond donors (Lipinski definition) is 1. The van der Waals surface area contributed by atoms with Crippen LogP contribution in [0.2, 0.25) is 0 Å². The van der Waals surface area contributed by atoms with Gasteiger partial charge < -0.3 is 10.0 Å². The minimum Gasteiger partial charge on any atom is -0.481 e. The van der Waals surface area contributed by atoms with Gasteiger partial charge in [-0.25, -0.2) is 9.97 Å². The van der Waals surface area contributed by atoms with Gasteiger partial charge in [-0.05, 0) is 18.9 Å². The first kappa shape index (κ1) is 10.9. The first-order valence-electron chi connectivity index (χ1n) is 5.49. The van der Waals surface area contributed by atoms with Crippen molar-refractivity contribution in [3.05, 3.63) is 18.6 Å². The summed E-state index contributed by atoms with van der Waals surface area (Å²) in [4.78, 5) is 21.2. The molecule has 5 nitrogen and oxygen atoms in total. The van der Waals surface area contributed by atoms with E-state index in [-0.39, 0.29) is 12.0 Å². The van der Waals surface area contributed by atoms with Gasteiger partial charge >= 0.3 is 5.97 Å². The van der Waals surface area contributed by atoms with Crippen LogP contribution in [0.15, 0.2) is 18.6 Å². The van der Waals surface area contributed by atoms with Gasteiger partial charge in [0.25, 0.3) is 0 Å². The van der Waals surface area contributed by atoms with Crippen LogP contribution in [0.3, 0.4) is 0 Å². The Hall–Kier alpha value is -1.65. The topological polar surface area (TPSA) is 66.3 Å². The Morgan fingerprint density at radius 2 is 2.50 bits per heavy atom. The number of aromatic nitrogens is 2. The van der Waals surface area contributed by atoms with Gasteiger partial charge in [-0.1, -0.05) is 6.92 Å². The molecule has 2 atom stereocenters. The van der Waals surface area contributed by atoms with Crippen LogP contribution in [0.1, 0.15) is 19.8 Å². The Kier molecular flexibility index (Phi) is 3.03. The highest BCUT2D eigenvalue weighted by Gasteiger charge is 2.37. The van der Waals surface area contributed by atoms with E-state index < -0.39 is 5.97 Å². The lowest BCUT2D eigenvalue weighted by Gasteiger charge is -2.26. The quantitative estimate of drug-likeness (QED) is 0.829. The van der Waals surface area contributed by atoms with Gasteiger partial charge in [0.15, 0.2) is 0 Å². The van der Waals surface area contributed by atoms with E-state index in [0.717, 1.165) is 18.8 Å². The van der Waals surface area contributed by atoms with Crippen molar-refractivity contribution in [3.63, 3.8) is 0 Å². The molecule has 0 unspecified atom stereocenters. The van der Waals surface area contributed by atoms with Gasteiger partial charge in [-0.3, -0.25) is 4.79 Å². The van der Waals surface area contributed by atoms with E-state index in [1.54, 1.807) is 6.20 Å². The van der Waals surface area contributed by atoms with Crippen molar-refractivity contribution in [2.45, 2.75) is 25.8 Å². The fourth-order valence-electron chi connectivity index (χ4n) is 2.38. The molecule has 1 N–H and O–H groups in total. The maximum absolute atomic E-state index is 11.1. The molecule has 2 rings (SSSR count). The number of carboxylic acids is 1. The van der Waals surface area contributed by atoms with E-state index in [4.69, 9.17) is 5.11 Å². The molecule has 1 aromatic rings. The lowest BCUT2D eigenvalue weighted by Crippen LogP contribution is -2.35. The standard InChI is InChI=1S/C11H15N3O2/c1-2-9-8(11(15)16)4-6-14(9)10-3-5-12-7-13-10/h3,5,7-9H,2,4,6H2,1H3,(H,15,16)/t8-,9+/m0/s1. The molecule has 1 saturated heterocycles. The summed E-state index contributed by atoms with van der Waals surface area (Å²) in [5.74, 6) is -0.158. The maximum atomic E-state index is 11.1. The molecule has 86 valence electrons. The van der Waals surface area contributed by atoms with Gasteiger partial charge in [0.1, 0.15) is 12.1 Å². The van der Waals surface area contributed by atoms with Crippen molar-refractivity contribution in [1.82, 2.24) is 9.97 Å². The molecule has 1 aliphatic rings. The van der Waals surface area contributed by atoms with Gasteiger partial charge in [-0.2, -0.15) is 0 Å². The second kappa shape index (κ2) is 4.47. The minimum absolute atomic E-state index is 0.0485. The van der Waals surface area contributed by atoms with E-state index in [0.29, 0.717) is 6.42 Å². The van der Waals surface area contributed by atoms with Crippen LogP contribution in [0.4, 0.5) is 5.82 Å². The molecule has 0 aromatic carbocycles. The summed E-state index contributed by atoms with van der Waals surface area (Å²) in [6.45, 7) is 2.77. The normalized spacial score (nSPS) is 24.7. The summed E-state index contributed by atoms with van der Waals surface area (Å²) >= 11 is 0. The Morgan fingerprint density at radius 3 is 3.06 bits per heavy atom. The molecule has 2 heterocycles. The van der Waals surface area contributed by atoms with Crippen molar-refractivity contribution < 1.29 is 9.90 Å². The van der Waals surface area contributed by atoms with Crippen LogP contribution in [-0.4, -0.2) is 33.6 Å². The van der Waals surface area contributed by atoms with E-state index in [1.165, 1.54) is 6.33 Å². The summed E-state index contributed by atoms with van der Waals surface area (Å²) in [6.07, 6.45) is 4.69. The number of nitrogens with zero attached hydrogens (tertiary/aromatic N) is 3. The molecule has 0 aliphatic carbocycles. The number of anilines is 1. The third-order valence-electron chi connectivity index (χ3n) is 3.14. The second-order valence-corrected chi connectivity index (χ2v) is 3.97. The molecule has 1 fully saturated rings. The molecular weight excluding hydrogens is 206 g/mol. The second-order valence-electron chi connectivity index (χ2n) is 3.97. The summed E-state index contributed by atoms with van der Waals surface area (Å²) in [5, 5.41) is 9.12. The Morgan fingerprint density at radius 1 is 1.69 bits per heavy atom. The van der Waals surface area contributed by atoms with Crippen molar-refractivity contribution >= 4 is 11.8 Å². The molecule has 16 heavy (non-hydrogen) atoms. The summed E-state index contributed by atoms with van der Waals surface area (Å²) in [7, 11) is 0. The monoisotopic (exact) mass is 221 g/mol. The molecule has 1 aromatic heterocycles. The highest BCUT2D eigenvalue weighted by molar-refractivity contribution is 5.72. The van der Waals surface area contributed by atoms with Crippen molar-refractivity contribution in [1.29, 1.82) is 0 Å². The fraction of sp³-hybridized carbons (Fsp3) is 0.545. The molecule has 1 aliphatic heterocycles. The number of rotatable bonds is 3. The third kappa shape index (κ3) is 1.85. The Bertz CT molecular complexity index is 369. The van der Waals surface area contributed by atoms with E-state index in [1.807, 2.05) is 13.0 Å². The van der Waals surface area contributed by atoms with E-state index >= 15 is 0 Å². The van der Waals surface area contributed by atoms with Gasteiger partial charge in [0, 0.05) is 18.8 Å². The Balaban J connectivity index is 2.21. The van der Waals surface area contributed by atoms with Crippen LogP contribution >= 0.6 is 0 Å². The Labute approximate surface area is 94.1 Å². The average Bonchev–Trinajstić information content (AvgIpc) is 2.73. The van der Waals surface area contributed by atoms with Crippen molar-refractivity contribution in [2.24, 2.45) is 5.92 Å². The maximum Gasteiger partial charge on any atom is 0.308 e. The van der Waals surface area contributed by atoms with Crippen LogP contribution in [0.5, 0.6) is 0 Å². The molecule has 0 radical (unpaired) electrons. The van der Waals surface area contributed by atoms with Gasteiger partial charge in [0.05, 0.1) is 5.92 Å². The summed E-state index contributed by atoms with van der Waals surface area (Å²) in [5.41, 5.74) is 0. The van der Waals surface area contributed by atoms with Gasteiger partial charge in [-0.15, -0.1) is 0 Å². The zero-order valence-corrected chi connectivity index (χ0v) is 9.21.